The molecule has 0 unspecified atom stereocenters. The van der Waals surface area contributed by atoms with Gasteiger partial charge in [-0.05, 0) is 49.4 Å². The Bertz CT molecular complexity index is 608. The van der Waals surface area contributed by atoms with Gasteiger partial charge in [-0.3, -0.25) is 0 Å². The molecule has 0 aliphatic heterocycles. The molecule has 1 aliphatic rings. The highest BCUT2D eigenvalue weighted by Gasteiger charge is 2.16. The van der Waals surface area contributed by atoms with Crippen LogP contribution in [0.5, 0.6) is 17.4 Å². The number of nitrogens with zero attached hydrogens (tertiary/aromatic N) is 1. The molecule has 0 radical (unpaired) electrons. The van der Waals surface area contributed by atoms with E-state index in [1.807, 2.05) is 25.1 Å². The van der Waals surface area contributed by atoms with Crippen molar-refractivity contribution in [3.05, 3.63) is 47.2 Å². The molecule has 0 amide bonds. The standard InChI is InChI=1S/C16H17NO2/c1-11-14(9-10-16(17-11)18-2)19-15-8-4-6-12-5-3-7-13(12)15/h4,6,8-10H,3,5,7H2,1-2H3. The molecule has 0 spiro atoms. The Morgan fingerprint density at radius 3 is 2.74 bits per heavy atom. The Labute approximate surface area is 113 Å². The smallest absolute Gasteiger partial charge is 0.213 e. The highest BCUT2D eigenvalue weighted by Crippen LogP contribution is 2.34. The first kappa shape index (κ1) is 12.0. The molecule has 0 saturated heterocycles. The molecule has 0 atom stereocenters. The van der Waals surface area contributed by atoms with E-state index < -0.39 is 0 Å². The van der Waals surface area contributed by atoms with Gasteiger partial charge in [0.1, 0.15) is 11.5 Å². The SMILES string of the molecule is COc1ccc(Oc2cccc3c2CCC3)c(C)n1. The quantitative estimate of drug-likeness (QED) is 0.838. The molecule has 3 rings (SSSR count). The summed E-state index contributed by atoms with van der Waals surface area (Å²) in [6, 6.07) is 10.0. The van der Waals surface area contributed by atoms with Crippen LogP contribution in [0.25, 0.3) is 0 Å². The Hall–Kier alpha value is -2.03. The van der Waals surface area contributed by atoms with Gasteiger partial charge in [-0.15, -0.1) is 0 Å². The van der Waals surface area contributed by atoms with Crippen LogP contribution in [-0.2, 0) is 12.8 Å². The normalized spacial score (nSPS) is 13.2. The third-order valence-electron chi connectivity index (χ3n) is 3.54. The molecule has 0 saturated carbocycles. The van der Waals surface area contributed by atoms with E-state index in [2.05, 4.69) is 17.1 Å². The van der Waals surface area contributed by atoms with Crippen molar-refractivity contribution in [2.75, 3.05) is 7.11 Å². The van der Waals surface area contributed by atoms with Gasteiger partial charge < -0.3 is 9.47 Å². The van der Waals surface area contributed by atoms with E-state index in [0.717, 1.165) is 30.0 Å². The number of aryl methyl sites for hydroxylation is 2. The molecule has 1 aromatic carbocycles. The van der Waals surface area contributed by atoms with Gasteiger partial charge in [0, 0.05) is 6.07 Å². The van der Waals surface area contributed by atoms with E-state index in [0.29, 0.717) is 5.88 Å². The summed E-state index contributed by atoms with van der Waals surface area (Å²) < 4.78 is 11.1. The van der Waals surface area contributed by atoms with E-state index in [1.54, 1.807) is 7.11 Å². The molecule has 3 nitrogen and oxygen atoms in total. The van der Waals surface area contributed by atoms with Crippen LogP contribution >= 0.6 is 0 Å². The maximum atomic E-state index is 6.03. The first-order valence-electron chi connectivity index (χ1n) is 6.58. The molecular formula is C16H17NO2. The van der Waals surface area contributed by atoms with Gasteiger partial charge in [-0.25, -0.2) is 4.98 Å². The number of pyridine rings is 1. The summed E-state index contributed by atoms with van der Waals surface area (Å²) >= 11 is 0. The van der Waals surface area contributed by atoms with E-state index in [1.165, 1.54) is 17.5 Å². The van der Waals surface area contributed by atoms with Gasteiger partial charge in [0.05, 0.1) is 12.8 Å². The van der Waals surface area contributed by atoms with Gasteiger partial charge >= 0.3 is 0 Å². The number of fused-ring (bicyclic) bond motifs is 1. The molecule has 1 aliphatic carbocycles. The fraction of sp³-hybridized carbons (Fsp3) is 0.312. The fourth-order valence-electron chi connectivity index (χ4n) is 2.55. The van der Waals surface area contributed by atoms with Gasteiger partial charge in [0.25, 0.3) is 0 Å². The summed E-state index contributed by atoms with van der Waals surface area (Å²) in [5.41, 5.74) is 3.60. The van der Waals surface area contributed by atoms with Crippen LogP contribution in [0.1, 0.15) is 23.2 Å². The van der Waals surface area contributed by atoms with E-state index in [4.69, 9.17) is 9.47 Å². The number of methoxy groups -OCH3 is 1. The minimum atomic E-state index is 0.614. The number of rotatable bonds is 3. The van der Waals surface area contributed by atoms with Crippen LogP contribution in [0.4, 0.5) is 0 Å². The molecule has 0 bridgehead atoms. The molecule has 1 heterocycles. The van der Waals surface area contributed by atoms with Crippen molar-refractivity contribution < 1.29 is 9.47 Å². The first-order valence-corrected chi connectivity index (χ1v) is 6.58. The molecule has 0 N–H and O–H groups in total. The highest BCUT2D eigenvalue weighted by molar-refractivity contribution is 5.46. The van der Waals surface area contributed by atoms with E-state index >= 15 is 0 Å². The van der Waals surface area contributed by atoms with Crippen LogP contribution in [0.3, 0.4) is 0 Å². The number of hydrogen-bond donors (Lipinski definition) is 0. The van der Waals surface area contributed by atoms with Crippen molar-refractivity contribution in [1.29, 1.82) is 0 Å². The molecular weight excluding hydrogens is 238 g/mol. The molecule has 3 heteroatoms. The van der Waals surface area contributed by atoms with Crippen LogP contribution in [0.15, 0.2) is 30.3 Å². The minimum absolute atomic E-state index is 0.614. The first-order chi connectivity index (χ1) is 9.28. The van der Waals surface area contributed by atoms with Crippen LogP contribution in [0.2, 0.25) is 0 Å². The lowest BCUT2D eigenvalue weighted by atomic mass is 10.1. The maximum absolute atomic E-state index is 6.03. The van der Waals surface area contributed by atoms with Crippen molar-refractivity contribution in [3.63, 3.8) is 0 Å². The van der Waals surface area contributed by atoms with Crippen molar-refractivity contribution in [2.24, 2.45) is 0 Å². The Kier molecular flexibility index (Phi) is 3.11. The Morgan fingerprint density at radius 1 is 1.05 bits per heavy atom. The lowest BCUT2D eigenvalue weighted by molar-refractivity contribution is 0.393. The highest BCUT2D eigenvalue weighted by atomic mass is 16.5. The predicted molar refractivity (Wildman–Crippen MR) is 74.1 cm³/mol. The average molecular weight is 255 g/mol. The molecule has 2 aromatic rings. The zero-order chi connectivity index (χ0) is 13.2. The number of ether oxygens (including phenoxy) is 2. The van der Waals surface area contributed by atoms with Crippen molar-refractivity contribution in [2.45, 2.75) is 26.2 Å². The summed E-state index contributed by atoms with van der Waals surface area (Å²) in [6.07, 6.45) is 3.48. The lowest BCUT2D eigenvalue weighted by Gasteiger charge is -2.12. The monoisotopic (exact) mass is 255 g/mol. The summed E-state index contributed by atoms with van der Waals surface area (Å²) in [7, 11) is 1.62. The van der Waals surface area contributed by atoms with Gasteiger partial charge in [-0.1, -0.05) is 12.1 Å². The minimum Gasteiger partial charge on any atom is -0.481 e. The number of hydrogen-bond acceptors (Lipinski definition) is 3. The molecule has 0 fully saturated rings. The summed E-state index contributed by atoms with van der Waals surface area (Å²) in [5.74, 6) is 2.37. The van der Waals surface area contributed by atoms with Crippen molar-refractivity contribution in [3.8, 4) is 17.4 Å². The predicted octanol–water partition coefficient (Wildman–Crippen LogP) is 3.68. The van der Waals surface area contributed by atoms with Gasteiger partial charge in [0.2, 0.25) is 5.88 Å². The average Bonchev–Trinajstić information content (AvgIpc) is 2.90. The van der Waals surface area contributed by atoms with E-state index in [-0.39, 0.29) is 0 Å². The third kappa shape index (κ3) is 2.28. The van der Waals surface area contributed by atoms with Crippen molar-refractivity contribution >= 4 is 0 Å². The maximum Gasteiger partial charge on any atom is 0.213 e. The topological polar surface area (TPSA) is 31.4 Å². The second kappa shape index (κ2) is 4.92. The molecule has 1 aromatic heterocycles. The van der Waals surface area contributed by atoms with Gasteiger partial charge in [-0.2, -0.15) is 0 Å². The largest absolute Gasteiger partial charge is 0.481 e. The van der Waals surface area contributed by atoms with Crippen LogP contribution < -0.4 is 9.47 Å². The number of aromatic nitrogens is 1. The Morgan fingerprint density at radius 2 is 1.95 bits per heavy atom. The summed E-state index contributed by atoms with van der Waals surface area (Å²) in [6.45, 7) is 1.93. The summed E-state index contributed by atoms with van der Waals surface area (Å²) in [4.78, 5) is 4.33. The second-order valence-electron chi connectivity index (χ2n) is 4.79. The Balaban J connectivity index is 1.92. The van der Waals surface area contributed by atoms with Crippen LogP contribution in [-0.4, -0.2) is 12.1 Å². The number of benzene rings is 1. The lowest BCUT2D eigenvalue weighted by Crippen LogP contribution is -1.96. The van der Waals surface area contributed by atoms with Crippen LogP contribution in [0, 0.1) is 6.92 Å². The zero-order valence-corrected chi connectivity index (χ0v) is 11.3. The second-order valence-corrected chi connectivity index (χ2v) is 4.79. The van der Waals surface area contributed by atoms with Gasteiger partial charge in [0.15, 0.2) is 0 Å². The fourth-order valence-corrected chi connectivity index (χ4v) is 2.55. The zero-order valence-electron chi connectivity index (χ0n) is 11.3. The molecule has 19 heavy (non-hydrogen) atoms. The summed E-state index contributed by atoms with van der Waals surface area (Å²) in [5, 5.41) is 0. The van der Waals surface area contributed by atoms with E-state index in [9.17, 15) is 0 Å². The third-order valence-corrected chi connectivity index (χ3v) is 3.54. The van der Waals surface area contributed by atoms with Crippen molar-refractivity contribution in [1.82, 2.24) is 4.98 Å². The molecule has 98 valence electrons.